The highest BCUT2D eigenvalue weighted by molar-refractivity contribution is 6.33. The molecule has 4 rings (SSSR count). The number of carbonyl (C=O) groups excluding carboxylic acids is 2. The van der Waals surface area contributed by atoms with Gasteiger partial charge in [0.1, 0.15) is 0 Å². The first-order chi connectivity index (χ1) is 19.9. The Morgan fingerprint density at radius 2 is 1.93 bits per heavy atom. The maximum Gasteiger partial charge on any atom is 0.406 e. The van der Waals surface area contributed by atoms with E-state index in [1.165, 1.54) is 12.7 Å². The van der Waals surface area contributed by atoms with Gasteiger partial charge < -0.3 is 30.7 Å². The lowest BCUT2D eigenvalue weighted by atomic mass is 9.72. The van der Waals surface area contributed by atoms with Crippen LogP contribution in [0.25, 0.3) is 11.1 Å². The summed E-state index contributed by atoms with van der Waals surface area (Å²) in [5.41, 5.74) is 2.46. The van der Waals surface area contributed by atoms with E-state index in [0.29, 0.717) is 50.0 Å². The van der Waals surface area contributed by atoms with Crippen molar-refractivity contribution in [3.8, 4) is 11.1 Å². The van der Waals surface area contributed by atoms with Gasteiger partial charge in [0.2, 0.25) is 0 Å². The molecule has 4 N–H and O–H groups in total. The summed E-state index contributed by atoms with van der Waals surface area (Å²) >= 11 is 6.86. The molecule has 2 heterocycles. The van der Waals surface area contributed by atoms with E-state index < -0.39 is 11.7 Å². The number of nitrogens with zero attached hydrogens (tertiary/aromatic N) is 1. The van der Waals surface area contributed by atoms with Crippen LogP contribution in [0.15, 0.2) is 42.5 Å². The van der Waals surface area contributed by atoms with Gasteiger partial charge in [0.15, 0.2) is 0 Å². The second-order valence-corrected chi connectivity index (χ2v) is 11.7. The van der Waals surface area contributed by atoms with Gasteiger partial charge in [-0.25, -0.2) is 9.59 Å². The molecule has 0 aromatic heterocycles. The number of amides is 3. The fourth-order valence-corrected chi connectivity index (χ4v) is 6.57. The number of urea groups is 1. The monoisotopic (exact) mass is 584 g/mol. The summed E-state index contributed by atoms with van der Waals surface area (Å²) in [6.45, 7) is 6.25. The minimum absolute atomic E-state index is 0.0649. The van der Waals surface area contributed by atoms with Crippen molar-refractivity contribution in [2.24, 2.45) is 11.8 Å². The highest BCUT2D eigenvalue weighted by atomic mass is 35.5. The molecule has 0 saturated carbocycles. The number of nitrogens with one attached hydrogen (secondary N) is 3. The summed E-state index contributed by atoms with van der Waals surface area (Å²) < 4.78 is 4.72. The third kappa shape index (κ3) is 7.93. The molecular weight excluding hydrogens is 540 g/mol. The van der Waals surface area contributed by atoms with E-state index in [2.05, 4.69) is 35.0 Å². The molecular formula is C32H45ClN4O4. The van der Waals surface area contributed by atoms with Crippen LogP contribution in [0.1, 0.15) is 56.6 Å². The number of aliphatic hydroxyl groups is 1. The molecule has 2 aliphatic rings. The number of hydrogen-bond acceptors (Lipinski definition) is 5. The molecule has 9 heteroatoms. The van der Waals surface area contributed by atoms with Gasteiger partial charge in [-0.05, 0) is 86.7 Å². The molecule has 2 atom stereocenters. The number of halogens is 1. The van der Waals surface area contributed by atoms with Crippen molar-refractivity contribution in [2.75, 3.05) is 46.4 Å². The van der Waals surface area contributed by atoms with E-state index in [4.69, 9.17) is 16.3 Å². The number of carbonyl (C=O) groups is 2. The van der Waals surface area contributed by atoms with Crippen LogP contribution in [0, 0.1) is 11.8 Å². The molecule has 0 spiro atoms. The van der Waals surface area contributed by atoms with Crippen LogP contribution in [-0.2, 0) is 16.8 Å². The smallest absolute Gasteiger partial charge is 0.406 e. The third-order valence-electron chi connectivity index (χ3n) is 8.68. The highest BCUT2D eigenvalue weighted by Gasteiger charge is 2.43. The number of aryl methyl sites for hydroxylation is 1. The van der Waals surface area contributed by atoms with Crippen LogP contribution in [-0.4, -0.2) is 68.5 Å². The Bertz CT molecular complexity index is 1170. The second-order valence-electron chi connectivity index (χ2n) is 11.3. The van der Waals surface area contributed by atoms with Gasteiger partial charge in [0.05, 0.1) is 12.7 Å². The maximum absolute atomic E-state index is 13.3. The minimum Gasteiger partial charge on any atom is -0.453 e. The Kier molecular flexibility index (Phi) is 11.3. The molecule has 2 aromatic rings. The first kappa shape index (κ1) is 31.1. The fourth-order valence-electron chi connectivity index (χ4n) is 6.28. The zero-order valence-electron chi connectivity index (χ0n) is 24.4. The van der Waals surface area contributed by atoms with E-state index >= 15 is 0 Å². The van der Waals surface area contributed by atoms with E-state index in [0.717, 1.165) is 61.9 Å². The van der Waals surface area contributed by atoms with Crippen LogP contribution in [0.2, 0.25) is 5.02 Å². The first-order valence-electron chi connectivity index (χ1n) is 15.0. The number of alkyl carbamates (subject to hydrolysis) is 1. The molecule has 2 aromatic carbocycles. The van der Waals surface area contributed by atoms with Gasteiger partial charge in [-0.15, -0.1) is 0 Å². The average Bonchev–Trinajstić information content (AvgIpc) is 3.02. The summed E-state index contributed by atoms with van der Waals surface area (Å²) in [5.74, 6) is 0.290. The Labute approximate surface area is 249 Å². The molecule has 2 aliphatic heterocycles. The predicted molar refractivity (Wildman–Crippen MR) is 163 cm³/mol. The molecule has 41 heavy (non-hydrogen) atoms. The standard InChI is InChI=1S/C32H45ClN4O4/c1-3-23-8-4-9-25(20-23)29-27(11-5-12-28(29)33)32(40,15-7-16-35-31(39)41-2)26-10-6-19-37(22-26)30(38)36-21-24-13-17-34-18-14-24/h4-5,8-9,11-12,20,24,26,34,40H,3,6-7,10,13-19,21-22H2,1-2H3,(H,35,39)(H,36,38). The second kappa shape index (κ2) is 14.9. The van der Waals surface area contributed by atoms with Gasteiger partial charge in [0, 0.05) is 42.7 Å². The van der Waals surface area contributed by atoms with E-state index in [1.54, 1.807) is 0 Å². The molecule has 8 nitrogen and oxygen atoms in total. The van der Waals surface area contributed by atoms with Crippen LogP contribution in [0.3, 0.4) is 0 Å². The van der Waals surface area contributed by atoms with E-state index in [9.17, 15) is 14.7 Å². The van der Waals surface area contributed by atoms with Crippen molar-refractivity contribution in [1.29, 1.82) is 0 Å². The van der Waals surface area contributed by atoms with Crippen LogP contribution in [0.5, 0.6) is 0 Å². The molecule has 2 saturated heterocycles. The molecule has 2 unspecified atom stereocenters. The molecule has 2 fully saturated rings. The maximum atomic E-state index is 13.3. The number of rotatable bonds is 10. The minimum atomic E-state index is -1.27. The number of likely N-dealkylation sites (tertiary alicyclic amines) is 1. The normalized spacial score (nSPS) is 19.3. The fraction of sp³-hybridized carbons (Fsp3) is 0.562. The molecule has 0 aliphatic carbocycles. The summed E-state index contributed by atoms with van der Waals surface area (Å²) in [6, 6.07) is 13.9. The number of ether oxygens (including phenoxy) is 1. The van der Waals surface area contributed by atoms with Crippen LogP contribution < -0.4 is 16.0 Å². The van der Waals surface area contributed by atoms with Crippen molar-refractivity contribution in [1.82, 2.24) is 20.9 Å². The first-order valence-corrected chi connectivity index (χ1v) is 15.4. The largest absolute Gasteiger partial charge is 0.453 e. The van der Waals surface area contributed by atoms with Crippen molar-refractivity contribution in [3.05, 3.63) is 58.6 Å². The molecule has 224 valence electrons. The Morgan fingerprint density at radius 3 is 2.68 bits per heavy atom. The van der Waals surface area contributed by atoms with Crippen molar-refractivity contribution < 1.29 is 19.4 Å². The van der Waals surface area contributed by atoms with Crippen molar-refractivity contribution in [3.63, 3.8) is 0 Å². The highest BCUT2D eigenvalue weighted by Crippen LogP contribution is 2.45. The zero-order chi connectivity index (χ0) is 29.2. The Hall–Kier alpha value is -2.81. The predicted octanol–water partition coefficient (Wildman–Crippen LogP) is 5.31. The SMILES string of the molecule is CCc1cccc(-c2c(Cl)cccc2C(O)(CCCNC(=O)OC)C2CCCN(C(=O)NCC3CCNCC3)C2)c1. The summed E-state index contributed by atoms with van der Waals surface area (Å²) in [7, 11) is 1.33. The van der Waals surface area contributed by atoms with Gasteiger partial charge in [-0.2, -0.15) is 0 Å². The van der Waals surface area contributed by atoms with E-state index in [-0.39, 0.29) is 11.9 Å². The van der Waals surface area contributed by atoms with Crippen LogP contribution in [0.4, 0.5) is 9.59 Å². The molecule has 0 radical (unpaired) electrons. The molecule has 0 bridgehead atoms. The lowest BCUT2D eigenvalue weighted by Gasteiger charge is -2.44. The summed E-state index contributed by atoms with van der Waals surface area (Å²) in [5, 5.41) is 22.5. The topological polar surface area (TPSA) is 103 Å². The number of piperidine rings is 2. The van der Waals surface area contributed by atoms with Gasteiger partial charge in [-0.3, -0.25) is 0 Å². The Morgan fingerprint density at radius 1 is 1.15 bits per heavy atom. The van der Waals surface area contributed by atoms with Gasteiger partial charge in [-0.1, -0.05) is 54.9 Å². The van der Waals surface area contributed by atoms with Crippen LogP contribution >= 0.6 is 11.6 Å². The zero-order valence-corrected chi connectivity index (χ0v) is 25.1. The van der Waals surface area contributed by atoms with Gasteiger partial charge in [0.25, 0.3) is 0 Å². The van der Waals surface area contributed by atoms with Crippen molar-refractivity contribution >= 4 is 23.7 Å². The summed E-state index contributed by atoms with van der Waals surface area (Å²) in [6.07, 6.45) is 5.04. The Balaban J connectivity index is 1.61. The third-order valence-corrected chi connectivity index (χ3v) is 8.99. The number of benzene rings is 2. The lowest BCUT2D eigenvalue weighted by molar-refractivity contribution is -0.0547. The van der Waals surface area contributed by atoms with E-state index in [1.807, 2.05) is 35.2 Å². The number of methoxy groups -OCH3 is 1. The quantitative estimate of drug-likeness (QED) is 0.283. The lowest BCUT2D eigenvalue weighted by Crippen LogP contribution is -2.52. The molecule has 3 amide bonds. The van der Waals surface area contributed by atoms with Gasteiger partial charge >= 0.3 is 12.1 Å². The van der Waals surface area contributed by atoms with Crippen molar-refractivity contribution in [2.45, 2.75) is 57.5 Å². The average molecular weight is 585 g/mol. The summed E-state index contributed by atoms with van der Waals surface area (Å²) in [4.78, 5) is 26.8. The number of hydrogen-bond donors (Lipinski definition) is 4.